The predicted octanol–water partition coefficient (Wildman–Crippen LogP) is 9.91. The summed E-state index contributed by atoms with van der Waals surface area (Å²) in [6, 6.07) is 29.1. The standard InChI is InChI=1S/C26H31N3O4.C15H21NO4.C11H12N2.CH4/c1-26(2,3)33-25(31)29-22(13-10-18-8-6-5-7-9-18)24(30)28-20-11-12-21(23(16-20)32-4)19-14-15-27-17-19;1-15(2,3)20-14(19)16-12(13(17)18)10-9-11-7-5-4-6-8-11;1-8-6-10(12)2-3-11(8)9-4-5-13-7-9;/h5-9,11-12,14,16-17,22H,10,13,15H2,1-4H3,(H,28,30)(H,29,31);4-8,12H,9-10H2,1-3H3,(H,16,19)(H,17,18);2-4,6-7H,5,12H2,1H3;1H4/t22-;12-;;/m11../s1. The van der Waals surface area contributed by atoms with Gasteiger partial charge in [0.15, 0.2) is 0 Å². The fraction of sp³-hybridized carbons (Fsp3) is 0.358. The molecule has 0 spiro atoms. The van der Waals surface area contributed by atoms with E-state index < -0.39 is 41.4 Å². The second kappa shape index (κ2) is 26.1. The molecule has 0 aliphatic carbocycles. The molecule has 3 amide bonds. The number of nitrogens with one attached hydrogen (secondary N) is 3. The first-order valence-electron chi connectivity index (χ1n) is 21.9. The van der Waals surface area contributed by atoms with Crippen LogP contribution in [-0.4, -0.2) is 85.1 Å². The van der Waals surface area contributed by atoms with Gasteiger partial charge in [-0.25, -0.2) is 14.4 Å². The van der Waals surface area contributed by atoms with Gasteiger partial charge in [0.25, 0.3) is 0 Å². The number of nitrogens with zero attached hydrogens (tertiary/aromatic N) is 2. The van der Waals surface area contributed by atoms with E-state index in [9.17, 15) is 19.2 Å². The van der Waals surface area contributed by atoms with Gasteiger partial charge in [-0.05, 0) is 126 Å². The van der Waals surface area contributed by atoms with Crippen LogP contribution in [-0.2, 0) is 31.9 Å². The summed E-state index contributed by atoms with van der Waals surface area (Å²) >= 11 is 0. The van der Waals surface area contributed by atoms with E-state index in [0.717, 1.165) is 34.5 Å². The van der Waals surface area contributed by atoms with Crippen LogP contribution in [0.15, 0.2) is 119 Å². The smallest absolute Gasteiger partial charge is 0.408 e. The van der Waals surface area contributed by atoms with E-state index in [1.807, 2.05) is 103 Å². The number of ether oxygens (including phenoxy) is 3. The van der Waals surface area contributed by atoms with E-state index in [2.05, 4.69) is 38.9 Å². The van der Waals surface area contributed by atoms with Crippen molar-refractivity contribution in [3.8, 4) is 5.75 Å². The van der Waals surface area contributed by atoms with E-state index in [0.29, 0.717) is 43.7 Å². The molecular weight excluding hydrogens is 849 g/mol. The maximum Gasteiger partial charge on any atom is 0.408 e. The van der Waals surface area contributed by atoms with Crippen molar-refractivity contribution in [2.45, 2.75) is 105 Å². The Kier molecular flexibility index (Phi) is 21.0. The number of carboxylic acids is 1. The van der Waals surface area contributed by atoms with Crippen LogP contribution < -0.4 is 26.4 Å². The normalized spacial score (nSPS) is 13.4. The number of nitrogens with two attached hydrogens (primary N) is 1. The minimum atomic E-state index is -1.06. The number of benzene rings is 4. The second-order valence-electron chi connectivity index (χ2n) is 17.6. The molecule has 4 aromatic carbocycles. The fourth-order valence-corrected chi connectivity index (χ4v) is 6.65. The third-order valence-electron chi connectivity index (χ3n) is 9.76. The minimum Gasteiger partial charge on any atom is -0.496 e. The Hall–Kier alpha value is -7.22. The highest BCUT2D eigenvalue weighted by Gasteiger charge is 2.26. The number of alkyl carbamates (subject to hydrolysis) is 2. The zero-order valence-electron chi connectivity index (χ0n) is 39.2. The number of aliphatic imine (C=N–C) groups is 2. The number of carbonyl (C=O) groups excluding carboxylic acids is 3. The van der Waals surface area contributed by atoms with Crippen molar-refractivity contribution in [2.75, 3.05) is 31.2 Å². The van der Waals surface area contributed by atoms with Crippen molar-refractivity contribution >= 4 is 59.0 Å². The van der Waals surface area contributed by atoms with Crippen molar-refractivity contribution < 1.29 is 38.5 Å². The highest BCUT2D eigenvalue weighted by molar-refractivity contribution is 6.13. The van der Waals surface area contributed by atoms with E-state index >= 15 is 0 Å². The minimum absolute atomic E-state index is 0. The number of nitrogen functional groups attached to an aromatic ring is 1. The van der Waals surface area contributed by atoms with Gasteiger partial charge in [0, 0.05) is 41.0 Å². The number of anilines is 2. The summed E-state index contributed by atoms with van der Waals surface area (Å²) in [5.74, 6) is -0.756. The summed E-state index contributed by atoms with van der Waals surface area (Å²) in [5, 5.41) is 17.1. The van der Waals surface area contributed by atoms with Crippen molar-refractivity contribution in [1.29, 1.82) is 0 Å². The maximum absolute atomic E-state index is 13.1. The number of carbonyl (C=O) groups is 4. The number of methoxy groups -OCH3 is 1. The Morgan fingerprint density at radius 1 is 0.687 bits per heavy atom. The summed E-state index contributed by atoms with van der Waals surface area (Å²) in [6.07, 6.45) is 8.47. The molecule has 0 saturated carbocycles. The van der Waals surface area contributed by atoms with Crippen LogP contribution in [0.1, 0.15) is 89.6 Å². The molecule has 67 heavy (non-hydrogen) atoms. The highest BCUT2D eigenvalue weighted by atomic mass is 16.6. The lowest BCUT2D eigenvalue weighted by Crippen LogP contribution is -2.46. The monoisotopic (exact) mass is 917 g/mol. The molecule has 2 heterocycles. The number of carboxylic acid groups (broad SMARTS) is 1. The summed E-state index contributed by atoms with van der Waals surface area (Å²) in [5.41, 5.74) is 13.4. The molecule has 0 fully saturated rings. The van der Waals surface area contributed by atoms with E-state index in [1.165, 1.54) is 16.7 Å². The van der Waals surface area contributed by atoms with Gasteiger partial charge in [0.05, 0.1) is 20.2 Å². The first-order valence-corrected chi connectivity index (χ1v) is 21.9. The summed E-state index contributed by atoms with van der Waals surface area (Å²) in [7, 11) is 1.59. The first-order chi connectivity index (χ1) is 31.3. The number of hydrogen-bond donors (Lipinski definition) is 5. The SMILES string of the molecule is C.CC(C)(C)OC(=O)N[C@H](CCc1ccccc1)C(=O)O.COc1cc(NC(=O)[C@@H](CCc2ccccc2)NC(=O)OC(C)(C)C)ccc1C1=CCN=C1.Cc1cc(N)ccc1C1=CCN=C1. The summed E-state index contributed by atoms with van der Waals surface area (Å²) in [6.45, 7) is 14.1. The number of amides is 3. The number of aryl methyl sites for hydroxylation is 3. The topological polar surface area (TPSA) is 203 Å². The van der Waals surface area contributed by atoms with Crippen LogP contribution in [0.5, 0.6) is 5.75 Å². The molecule has 0 unspecified atom stereocenters. The number of aliphatic carboxylic acids is 1. The lowest BCUT2D eigenvalue weighted by atomic mass is 10.0. The molecule has 2 aliphatic rings. The zero-order chi connectivity index (χ0) is 48.3. The van der Waals surface area contributed by atoms with Crippen LogP contribution in [0.2, 0.25) is 0 Å². The van der Waals surface area contributed by atoms with Crippen LogP contribution >= 0.6 is 0 Å². The van der Waals surface area contributed by atoms with Crippen molar-refractivity contribution in [3.05, 3.63) is 137 Å². The van der Waals surface area contributed by atoms with Crippen LogP contribution in [0.4, 0.5) is 21.0 Å². The van der Waals surface area contributed by atoms with Crippen molar-refractivity contribution in [2.24, 2.45) is 9.98 Å². The van der Waals surface area contributed by atoms with E-state index in [4.69, 9.17) is 25.1 Å². The van der Waals surface area contributed by atoms with Crippen molar-refractivity contribution in [3.63, 3.8) is 0 Å². The number of allylic oxidation sites excluding steroid dienone is 2. The maximum atomic E-state index is 13.1. The average molecular weight is 917 g/mol. The molecule has 0 saturated heterocycles. The number of hydrogen-bond acceptors (Lipinski definition) is 10. The Balaban J connectivity index is 0.000000296. The van der Waals surface area contributed by atoms with Crippen LogP contribution in [0, 0.1) is 6.92 Å². The van der Waals surface area contributed by atoms with Gasteiger partial charge < -0.3 is 41.0 Å². The summed E-state index contributed by atoms with van der Waals surface area (Å²) in [4.78, 5) is 56.6. The van der Waals surface area contributed by atoms with Gasteiger partial charge in [-0.1, -0.05) is 86.3 Å². The lowest BCUT2D eigenvalue weighted by molar-refractivity contribution is -0.139. The number of rotatable bonds is 14. The van der Waals surface area contributed by atoms with E-state index in [-0.39, 0.29) is 13.3 Å². The zero-order valence-corrected chi connectivity index (χ0v) is 39.2. The van der Waals surface area contributed by atoms with Gasteiger partial charge in [-0.2, -0.15) is 0 Å². The molecule has 0 radical (unpaired) electrons. The quantitative estimate of drug-likeness (QED) is 0.0763. The first kappa shape index (κ1) is 54.1. The molecule has 2 atom stereocenters. The molecule has 0 aromatic heterocycles. The molecule has 14 nitrogen and oxygen atoms in total. The van der Waals surface area contributed by atoms with Gasteiger partial charge >= 0.3 is 18.2 Å². The predicted molar refractivity (Wildman–Crippen MR) is 270 cm³/mol. The van der Waals surface area contributed by atoms with Crippen LogP contribution in [0.25, 0.3) is 11.1 Å². The average Bonchev–Trinajstić information content (AvgIpc) is 4.00. The molecule has 6 N–H and O–H groups in total. The Morgan fingerprint density at radius 3 is 1.61 bits per heavy atom. The second-order valence-corrected chi connectivity index (χ2v) is 17.6. The van der Waals surface area contributed by atoms with Crippen molar-refractivity contribution in [1.82, 2.24) is 10.6 Å². The summed E-state index contributed by atoms with van der Waals surface area (Å²) < 4.78 is 15.9. The van der Waals surface area contributed by atoms with Gasteiger partial charge in [-0.15, -0.1) is 0 Å². The molecule has 358 valence electrons. The Bertz CT molecular complexity index is 2380. The van der Waals surface area contributed by atoms with Gasteiger partial charge in [0.2, 0.25) is 5.91 Å². The van der Waals surface area contributed by atoms with Gasteiger partial charge in [-0.3, -0.25) is 14.8 Å². The van der Waals surface area contributed by atoms with Crippen LogP contribution in [0.3, 0.4) is 0 Å². The molecule has 6 rings (SSSR count). The Labute approximate surface area is 395 Å². The third-order valence-corrected chi connectivity index (χ3v) is 9.76. The molecule has 0 bridgehead atoms. The molecular formula is C53H68N6O8. The van der Waals surface area contributed by atoms with Gasteiger partial charge in [0.1, 0.15) is 29.0 Å². The third kappa shape index (κ3) is 19.4. The fourth-order valence-electron chi connectivity index (χ4n) is 6.65. The Morgan fingerprint density at radius 2 is 1.16 bits per heavy atom. The largest absolute Gasteiger partial charge is 0.496 e. The molecule has 2 aliphatic heterocycles. The molecule has 4 aromatic rings. The lowest BCUT2D eigenvalue weighted by Gasteiger charge is -2.23. The highest BCUT2D eigenvalue weighted by Crippen LogP contribution is 2.30. The molecule has 14 heteroatoms. The van der Waals surface area contributed by atoms with E-state index in [1.54, 1.807) is 60.9 Å².